The Labute approximate surface area is 87.2 Å². The highest BCUT2D eigenvalue weighted by atomic mass is 19.4. The first-order valence-corrected chi connectivity index (χ1v) is 5.74. The summed E-state index contributed by atoms with van der Waals surface area (Å²) in [4.78, 5) is 0. The molecule has 0 amide bonds. The maximum atomic E-state index is 13.1. The number of hydrogen-bond donors (Lipinski definition) is 1. The van der Waals surface area contributed by atoms with Crippen LogP contribution in [0.15, 0.2) is 0 Å². The molecule has 15 heavy (non-hydrogen) atoms. The maximum Gasteiger partial charge on any atom is 0.394 e. The molecule has 0 saturated heterocycles. The monoisotopic (exact) mass is 220 g/mol. The molecule has 0 spiro atoms. The molecule has 0 aromatic rings. The Morgan fingerprint density at radius 1 is 1.00 bits per heavy atom. The van der Waals surface area contributed by atoms with Crippen LogP contribution in [0.1, 0.15) is 38.5 Å². The Hall–Kier alpha value is -0.250. The molecule has 4 bridgehead atoms. The summed E-state index contributed by atoms with van der Waals surface area (Å²) in [5.41, 5.74) is 2.48. The average molecular weight is 220 g/mol. The van der Waals surface area contributed by atoms with Gasteiger partial charge in [0.05, 0.1) is 11.0 Å². The molecular weight excluding hydrogens is 203 g/mol. The van der Waals surface area contributed by atoms with Gasteiger partial charge < -0.3 is 5.73 Å². The van der Waals surface area contributed by atoms with Gasteiger partial charge in [-0.15, -0.1) is 0 Å². The Morgan fingerprint density at radius 2 is 1.53 bits per heavy atom. The second-order valence-corrected chi connectivity index (χ2v) is 6.24. The van der Waals surface area contributed by atoms with Gasteiger partial charge in [0.2, 0.25) is 0 Å². The first-order valence-electron chi connectivity index (χ1n) is 5.74. The molecule has 4 aliphatic carbocycles. The molecule has 4 aliphatic rings. The lowest BCUT2D eigenvalue weighted by molar-refractivity contribution is -0.518. The van der Waals surface area contributed by atoms with E-state index in [9.17, 15) is 13.2 Å². The molecular formula is C11H17F3N+. The fourth-order valence-corrected chi connectivity index (χ4v) is 4.78. The molecule has 0 heterocycles. The van der Waals surface area contributed by atoms with E-state index in [1.165, 1.54) is 0 Å². The summed E-state index contributed by atoms with van der Waals surface area (Å²) in [6.45, 7) is 0. The van der Waals surface area contributed by atoms with E-state index in [1.807, 2.05) is 0 Å². The number of quaternary nitrogens is 1. The summed E-state index contributed by atoms with van der Waals surface area (Å²) in [7, 11) is 0. The summed E-state index contributed by atoms with van der Waals surface area (Å²) in [5.74, 6) is 0.593. The number of alkyl halides is 3. The smallest absolute Gasteiger partial charge is 0.353 e. The van der Waals surface area contributed by atoms with Crippen LogP contribution in [0.5, 0.6) is 0 Å². The Balaban J connectivity index is 2.00. The summed E-state index contributed by atoms with van der Waals surface area (Å²) < 4.78 is 39.4. The molecule has 4 rings (SSSR count). The molecule has 4 fully saturated rings. The van der Waals surface area contributed by atoms with Crippen LogP contribution < -0.4 is 5.73 Å². The third-order valence-electron chi connectivity index (χ3n) is 4.78. The van der Waals surface area contributed by atoms with Crippen molar-refractivity contribution in [3.8, 4) is 0 Å². The Kier molecular flexibility index (Phi) is 1.67. The van der Waals surface area contributed by atoms with E-state index in [1.54, 1.807) is 0 Å². The van der Waals surface area contributed by atoms with Gasteiger partial charge in [0.25, 0.3) is 0 Å². The predicted molar refractivity (Wildman–Crippen MR) is 48.8 cm³/mol. The minimum absolute atomic E-state index is 0.250. The van der Waals surface area contributed by atoms with Gasteiger partial charge in [0.1, 0.15) is 0 Å². The highest BCUT2D eigenvalue weighted by Gasteiger charge is 2.67. The van der Waals surface area contributed by atoms with E-state index in [2.05, 4.69) is 5.73 Å². The molecule has 2 unspecified atom stereocenters. The van der Waals surface area contributed by atoms with E-state index >= 15 is 0 Å². The molecule has 0 aromatic carbocycles. The van der Waals surface area contributed by atoms with Crippen LogP contribution in [0.25, 0.3) is 0 Å². The minimum Gasteiger partial charge on any atom is -0.353 e. The normalized spacial score (nSPS) is 53.6. The van der Waals surface area contributed by atoms with Crippen LogP contribution in [0.3, 0.4) is 0 Å². The third-order valence-corrected chi connectivity index (χ3v) is 4.78. The lowest BCUT2D eigenvalue weighted by atomic mass is 9.47. The van der Waals surface area contributed by atoms with Crippen molar-refractivity contribution >= 4 is 0 Å². The predicted octanol–water partition coefficient (Wildman–Crippen LogP) is 2.13. The van der Waals surface area contributed by atoms with Gasteiger partial charge in [0.15, 0.2) is 0 Å². The molecule has 0 aliphatic heterocycles. The summed E-state index contributed by atoms with van der Waals surface area (Å²) >= 11 is 0. The molecule has 1 nitrogen and oxygen atoms in total. The van der Waals surface area contributed by atoms with Crippen molar-refractivity contribution in [1.29, 1.82) is 0 Å². The Morgan fingerprint density at radius 3 is 1.93 bits per heavy atom. The van der Waals surface area contributed by atoms with Gasteiger partial charge in [-0.3, -0.25) is 0 Å². The second kappa shape index (κ2) is 2.53. The van der Waals surface area contributed by atoms with Crippen molar-refractivity contribution in [1.82, 2.24) is 0 Å². The van der Waals surface area contributed by atoms with E-state index in [0.29, 0.717) is 24.7 Å². The van der Waals surface area contributed by atoms with E-state index in [-0.39, 0.29) is 12.0 Å². The van der Waals surface area contributed by atoms with Crippen molar-refractivity contribution in [3.05, 3.63) is 0 Å². The van der Waals surface area contributed by atoms with Gasteiger partial charge in [-0.05, 0) is 31.1 Å². The maximum absolute atomic E-state index is 13.1. The highest BCUT2D eigenvalue weighted by Crippen LogP contribution is 2.65. The second-order valence-electron chi connectivity index (χ2n) is 6.24. The topological polar surface area (TPSA) is 27.6 Å². The molecule has 4 heteroatoms. The zero-order valence-corrected chi connectivity index (χ0v) is 8.74. The van der Waals surface area contributed by atoms with Crippen LogP contribution in [0.4, 0.5) is 13.2 Å². The van der Waals surface area contributed by atoms with Gasteiger partial charge >= 0.3 is 6.18 Å². The molecule has 4 saturated carbocycles. The standard InChI is InChI=1S/C11H16F3N/c12-11(13,14)9-2-7-1-8(3-9)5-10(15,4-7)6-9/h7-8H,1-6,15H2/p+1/t7-,8+,9?,10?. The Bertz CT molecular complexity index is 283. The lowest BCUT2D eigenvalue weighted by Crippen LogP contribution is -2.80. The summed E-state index contributed by atoms with van der Waals surface area (Å²) in [6.07, 6.45) is -0.0729. The number of rotatable bonds is 0. The van der Waals surface area contributed by atoms with Gasteiger partial charge in [-0.1, -0.05) is 0 Å². The first kappa shape index (κ1) is 9.94. The lowest BCUT2D eigenvalue weighted by Gasteiger charge is -2.59. The van der Waals surface area contributed by atoms with Crippen LogP contribution in [0, 0.1) is 17.3 Å². The summed E-state index contributed by atoms with van der Waals surface area (Å²) in [5, 5.41) is 0. The van der Waals surface area contributed by atoms with Gasteiger partial charge in [-0.25, -0.2) is 0 Å². The van der Waals surface area contributed by atoms with Crippen molar-refractivity contribution in [3.63, 3.8) is 0 Å². The van der Waals surface area contributed by atoms with Crippen molar-refractivity contribution in [2.45, 2.75) is 50.2 Å². The van der Waals surface area contributed by atoms with Crippen molar-refractivity contribution in [2.75, 3.05) is 0 Å². The fourth-order valence-electron chi connectivity index (χ4n) is 4.78. The fraction of sp³-hybridized carbons (Fsp3) is 1.00. The van der Waals surface area contributed by atoms with E-state index in [4.69, 9.17) is 0 Å². The first-order chi connectivity index (χ1) is 6.82. The summed E-state index contributed by atoms with van der Waals surface area (Å²) in [6, 6.07) is 0. The zero-order chi connectivity index (χ0) is 10.9. The van der Waals surface area contributed by atoms with Crippen LogP contribution in [-0.4, -0.2) is 11.7 Å². The van der Waals surface area contributed by atoms with E-state index < -0.39 is 11.6 Å². The van der Waals surface area contributed by atoms with Gasteiger partial charge in [0, 0.05) is 19.3 Å². The third kappa shape index (κ3) is 1.26. The SMILES string of the molecule is [NH3+]C12C[C@H]3C[C@@H](C1)CC(C(F)(F)F)(C3)C2. The molecule has 0 radical (unpaired) electrons. The molecule has 0 aromatic heterocycles. The van der Waals surface area contributed by atoms with Gasteiger partial charge in [-0.2, -0.15) is 13.2 Å². The largest absolute Gasteiger partial charge is 0.394 e. The van der Waals surface area contributed by atoms with Crippen LogP contribution in [-0.2, 0) is 0 Å². The quantitative estimate of drug-likeness (QED) is 0.647. The highest BCUT2D eigenvalue weighted by molar-refractivity contribution is 5.10. The number of halogens is 3. The van der Waals surface area contributed by atoms with Crippen LogP contribution in [0.2, 0.25) is 0 Å². The molecule has 4 atom stereocenters. The van der Waals surface area contributed by atoms with Crippen molar-refractivity contribution < 1.29 is 18.9 Å². The van der Waals surface area contributed by atoms with Crippen molar-refractivity contribution in [2.24, 2.45) is 17.3 Å². The molecule has 86 valence electrons. The molecule has 3 N–H and O–H groups in total. The average Bonchev–Trinajstić information content (AvgIpc) is 1.95. The zero-order valence-electron chi connectivity index (χ0n) is 8.74. The van der Waals surface area contributed by atoms with E-state index in [0.717, 1.165) is 19.3 Å². The minimum atomic E-state index is -4.01. The van der Waals surface area contributed by atoms with Crippen LogP contribution >= 0.6 is 0 Å². The number of hydrogen-bond acceptors (Lipinski definition) is 0.